The Labute approximate surface area is 123 Å². The molecule has 0 spiro atoms. The largest absolute Gasteiger partial charge is 0.333 e. The lowest BCUT2D eigenvalue weighted by Gasteiger charge is -2.21. The highest BCUT2D eigenvalue weighted by atomic mass is 32.1. The Kier molecular flexibility index (Phi) is 3.65. The van der Waals surface area contributed by atoms with E-state index in [0.717, 1.165) is 17.7 Å². The summed E-state index contributed by atoms with van der Waals surface area (Å²) in [5.41, 5.74) is 7.31. The number of nitrogens with two attached hydrogens (primary N) is 1. The molecule has 5 heteroatoms. The van der Waals surface area contributed by atoms with Crippen molar-refractivity contribution in [3.8, 4) is 10.8 Å². The molecule has 0 bridgehead atoms. The lowest BCUT2D eigenvalue weighted by Crippen LogP contribution is -2.36. The van der Waals surface area contributed by atoms with Crippen molar-refractivity contribution in [1.82, 2.24) is 10.1 Å². The van der Waals surface area contributed by atoms with E-state index in [1.165, 1.54) is 36.1 Å². The second kappa shape index (κ2) is 5.30. The van der Waals surface area contributed by atoms with Crippen molar-refractivity contribution in [2.24, 2.45) is 5.73 Å². The Hall–Kier alpha value is -1.20. The van der Waals surface area contributed by atoms with Crippen molar-refractivity contribution in [1.29, 1.82) is 0 Å². The van der Waals surface area contributed by atoms with Gasteiger partial charge >= 0.3 is 0 Å². The molecule has 0 aliphatic heterocycles. The molecule has 0 saturated carbocycles. The van der Waals surface area contributed by atoms with Crippen LogP contribution in [-0.4, -0.2) is 10.1 Å². The SMILES string of the molecule is CCC(N)(CC)c1noc(-c2cc3c(s2)CCCC3)n1. The third-order valence-corrected chi connectivity index (χ3v) is 5.57. The molecule has 3 rings (SSSR count). The van der Waals surface area contributed by atoms with Crippen LogP contribution in [0.15, 0.2) is 10.6 Å². The normalized spacial score (nSPS) is 15.3. The first-order valence-electron chi connectivity index (χ1n) is 7.41. The maximum Gasteiger partial charge on any atom is 0.268 e. The number of fused-ring (bicyclic) bond motifs is 1. The average molecular weight is 291 g/mol. The summed E-state index contributed by atoms with van der Waals surface area (Å²) in [6.07, 6.45) is 6.56. The van der Waals surface area contributed by atoms with Gasteiger partial charge in [-0.2, -0.15) is 4.98 Å². The maximum absolute atomic E-state index is 6.33. The van der Waals surface area contributed by atoms with Crippen molar-refractivity contribution >= 4 is 11.3 Å². The van der Waals surface area contributed by atoms with E-state index in [9.17, 15) is 0 Å². The standard InChI is InChI=1S/C15H21N3OS/c1-3-15(16,4-2)14-17-13(19-18-14)12-9-10-7-5-6-8-11(10)20-12/h9H,3-8,16H2,1-2H3. The van der Waals surface area contributed by atoms with Gasteiger partial charge in [0.2, 0.25) is 0 Å². The number of thiophene rings is 1. The molecule has 1 aliphatic rings. The van der Waals surface area contributed by atoms with E-state index < -0.39 is 5.54 Å². The minimum absolute atomic E-state index is 0.474. The molecule has 0 atom stereocenters. The lowest BCUT2D eigenvalue weighted by molar-refractivity contribution is 0.350. The predicted octanol–water partition coefficient (Wildman–Crippen LogP) is 3.65. The molecule has 1 aliphatic carbocycles. The molecule has 0 unspecified atom stereocenters. The van der Waals surface area contributed by atoms with E-state index in [1.54, 1.807) is 11.3 Å². The Bertz CT molecular complexity index is 575. The van der Waals surface area contributed by atoms with Gasteiger partial charge in [-0.05, 0) is 50.2 Å². The van der Waals surface area contributed by atoms with Crippen molar-refractivity contribution in [3.63, 3.8) is 0 Å². The van der Waals surface area contributed by atoms with Crippen LogP contribution >= 0.6 is 11.3 Å². The highest BCUT2D eigenvalue weighted by Crippen LogP contribution is 2.35. The van der Waals surface area contributed by atoms with E-state index in [0.29, 0.717) is 11.7 Å². The molecule has 2 aromatic rings. The number of aromatic nitrogens is 2. The van der Waals surface area contributed by atoms with Gasteiger partial charge in [-0.25, -0.2) is 0 Å². The molecule has 2 heterocycles. The summed E-state index contributed by atoms with van der Waals surface area (Å²) in [7, 11) is 0. The van der Waals surface area contributed by atoms with Crippen LogP contribution in [0.2, 0.25) is 0 Å². The second-order valence-corrected chi connectivity index (χ2v) is 6.69. The van der Waals surface area contributed by atoms with Crippen molar-refractivity contribution in [2.45, 2.75) is 57.9 Å². The molecular formula is C15H21N3OS. The average Bonchev–Trinajstić information content (AvgIpc) is 3.12. The molecule has 4 nitrogen and oxygen atoms in total. The number of hydrogen-bond donors (Lipinski definition) is 1. The summed E-state index contributed by atoms with van der Waals surface area (Å²) in [5, 5.41) is 4.11. The topological polar surface area (TPSA) is 64.9 Å². The van der Waals surface area contributed by atoms with E-state index in [-0.39, 0.29) is 0 Å². The van der Waals surface area contributed by atoms with Gasteiger partial charge in [0, 0.05) is 4.88 Å². The smallest absolute Gasteiger partial charge is 0.268 e. The zero-order chi connectivity index (χ0) is 14.2. The molecule has 0 fully saturated rings. The Balaban J connectivity index is 1.92. The first-order valence-corrected chi connectivity index (χ1v) is 8.23. The molecule has 0 saturated heterocycles. The molecule has 0 aromatic carbocycles. The van der Waals surface area contributed by atoms with E-state index in [2.05, 4.69) is 30.1 Å². The molecule has 0 radical (unpaired) electrons. The fraction of sp³-hybridized carbons (Fsp3) is 0.600. The quantitative estimate of drug-likeness (QED) is 0.933. The monoisotopic (exact) mass is 291 g/mol. The number of rotatable bonds is 4. The molecule has 0 amide bonds. The van der Waals surface area contributed by atoms with Crippen LogP contribution in [0.25, 0.3) is 10.8 Å². The zero-order valence-corrected chi connectivity index (χ0v) is 12.9. The van der Waals surface area contributed by atoms with Crippen LogP contribution in [0.4, 0.5) is 0 Å². The Morgan fingerprint density at radius 1 is 1.30 bits per heavy atom. The van der Waals surface area contributed by atoms with E-state index in [1.807, 2.05) is 0 Å². The van der Waals surface area contributed by atoms with Crippen molar-refractivity contribution < 1.29 is 4.52 Å². The van der Waals surface area contributed by atoms with Gasteiger partial charge in [0.25, 0.3) is 5.89 Å². The van der Waals surface area contributed by atoms with Crippen LogP contribution in [0.3, 0.4) is 0 Å². The fourth-order valence-electron chi connectivity index (χ4n) is 2.69. The van der Waals surface area contributed by atoms with Gasteiger partial charge < -0.3 is 10.3 Å². The van der Waals surface area contributed by atoms with E-state index in [4.69, 9.17) is 10.3 Å². The minimum Gasteiger partial charge on any atom is -0.333 e. The molecule has 20 heavy (non-hydrogen) atoms. The van der Waals surface area contributed by atoms with Crippen LogP contribution in [0.5, 0.6) is 0 Å². The summed E-state index contributed by atoms with van der Waals surface area (Å²) in [5.74, 6) is 1.25. The van der Waals surface area contributed by atoms with Crippen LogP contribution < -0.4 is 5.73 Å². The first kappa shape index (κ1) is 13.8. The third-order valence-electron chi connectivity index (χ3n) is 4.34. The fourth-order valence-corrected chi connectivity index (χ4v) is 3.86. The minimum atomic E-state index is -0.474. The van der Waals surface area contributed by atoms with Crippen molar-refractivity contribution in [2.75, 3.05) is 0 Å². The molecule has 2 N–H and O–H groups in total. The van der Waals surface area contributed by atoms with Gasteiger partial charge in [0.1, 0.15) is 0 Å². The van der Waals surface area contributed by atoms with Gasteiger partial charge in [-0.1, -0.05) is 19.0 Å². The summed E-state index contributed by atoms with van der Waals surface area (Å²) in [4.78, 5) is 7.12. The number of nitrogens with zero attached hydrogens (tertiary/aromatic N) is 2. The summed E-state index contributed by atoms with van der Waals surface area (Å²) in [6, 6.07) is 2.21. The van der Waals surface area contributed by atoms with Gasteiger partial charge in [0.15, 0.2) is 5.82 Å². The van der Waals surface area contributed by atoms with E-state index >= 15 is 0 Å². The first-order chi connectivity index (χ1) is 9.66. The summed E-state index contributed by atoms with van der Waals surface area (Å²) >= 11 is 1.79. The van der Waals surface area contributed by atoms with Gasteiger partial charge in [-0.3, -0.25) is 0 Å². The van der Waals surface area contributed by atoms with Crippen LogP contribution in [0, 0.1) is 0 Å². The Morgan fingerprint density at radius 3 is 2.75 bits per heavy atom. The molecule has 108 valence electrons. The third kappa shape index (κ3) is 2.29. The summed E-state index contributed by atoms with van der Waals surface area (Å²) in [6.45, 7) is 4.12. The highest BCUT2D eigenvalue weighted by molar-refractivity contribution is 7.15. The second-order valence-electron chi connectivity index (χ2n) is 5.55. The zero-order valence-electron chi connectivity index (χ0n) is 12.1. The molecule has 2 aromatic heterocycles. The van der Waals surface area contributed by atoms with Crippen molar-refractivity contribution in [3.05, 3.63) is 22.3 Å². The molecular weight excluding hydrogens is 270 g/mol. The Morgan fingerprint density at radius 2 is 2.05 bits per heavy atom. The van der Waals surface area contributed by atoms with Gasteiger partial charge in [-0.15, -0.1) is 11.3 Å². The number of hydrogen-bond acceptors (Lipinski definition) is 5. The highest BCUT2D eigenvalue weighted by Gasteiger charge is 2.29. The van der Waals surface area contributed by atoms with Gasteiger partial charge in [0.05, 0.1) is 10.4 Å². The lowest BCUT2D eigenvalue weighted by atomic mass is 9.93. The van der Waals surface area contributed by atoms with Crippen LogP contribution in [-0.2, 0) is 18.4 Å². The van der Waals surface area contributed by atoms with Crippen LogP contribution in [0.1, 0.15) is 55.8 Å². The summed E-state index contributed by atoms with van der Waals surface area (Å²) < 4.78 is 5.45. The number of aryl methyl sites for hydroxylation is 2. The maximum atomic E-state index is 6.33. The predicted molar refractivity (Wildman–Crippen MR) is 80.7 cm³/mol.